The van der Waals surface area contributed by atoms with Gasteiger partial charge in [0.1, 0.15) is 23.2 Å². The SMILES string of the molecule is CC(C(=O)O)n1c(-c2ccc(F)cc2)nc2c(N)cccc21. The summed E-state index contributed by atoms with van der Waals surface area (Å²) < 4.78 is 14.7. The highest BCUT2D eigenvalue weighted by Gasteiger charge is 2.22. The Morgan fingerprint density at radius 3 is 2.59 bits per heavy atom. The molecule has 1 heterocycles. The summed E-state index contributed by atoms with van der Waals surface area (Å²) >= 11 is 0. The van der Waals surface area contributed by atoms with E-state index >= 15 is 0 Å². The number of rotatable bonds is 3. The molecule has 2 aromatic carbocycles. The van der Waals surface area contributed by atoms with Crippen molar-refractivity contribution >= 4 is 22.7 Å². The minimum Gasteiger partial charge on any atom is -0.480 e. The van der Waals surface area contributed by atoms with Crippen LogP contribution in [0.1, 0.15) is 13.0 Å². The van der Waals surface area contributed by atoms with Gasteiger partial charge in [-0.3, -0.25) is 0 Å². The molecule has 1 unspecified atom stereocenters. The van der Waals surface area contributed by atoms with E-state index in [4.69, 9.17) is 5.73 Å². The lowest BCUT2D eigenvalue weighted by Gasteiger charge is -2.13. The van der Waals surface area contributed by atoms with E-state index < -0.39 is 12.0 Å². The normalized spacial score (nSPS) is 12.5. The molecule has 6 heteroatoms. The lowest BCUT2D eigenvalue weighted by Crippen LogP contribution is -2.16. The van der Waals surface area contributed by atoms with Crippen molar-refractivity contribution in [1.29, 1.82) is 0 Å². The van der Waals surface area contributed by atoms with Gasteiger partial charge in [-0.1, -0.05) is 6.07 Å². The zero-order valence-corrected chi connectivity index (χ0v) is 11.8. The molecule has 0 saturated carbocycles. The number of anilines is 1. The number of nitrogens with zero attached hydrogens (tertiary/aromatic N) is 2. The number of aliphatic carboxylic acids is 1. The Morgan fingerprint density at radius 2 is 1.95 bits per heavy atom. The summed E-state index contributed by atoms with van der Waals surface area (Å²) in [6.07, 6.45) is 0. The highest BCUT2D eigenvalue weighted by Crippen LogP contribution is 2.31. The molecular formula is C16H14FN3O2. The molecule has 112 valence electrons. The Bertz CT molecular complexity index is 856. The molecule has 0 bridgehead atoms. The maximum Gasteiger partial charge on any atom is 0.326 e. The number of hydrogen-bond donors (Lipinski definition) is 2. The maximum atomic E-state index is 13.1. The lowest BCUT2D eigenvalue weighted by molar-refractivity contribution is -0.140. The third kappa shape index (κ3) is 2.18. The smallest absolute Gasteiger partial charge is 0.326 e. The Labute approximate surface area is 125 Å². The van der Waals surface area contributed by atoms with Crippen molar-refractivity contribution < 1.29 is 14.3 Å². The fourth-order valence-electron chi connectivity index (χ4n) is 2.44. The van der Waals surface area contributed by atoms with E-state index in [0.29, 0.717) is 28.1 Å². The standard InChI is InChI=1S/C16H14FN3O2/c1-9(16(21)22)20-13-4-2-3-12(18)14(13)19-15(20)10-5-7-11(17)8-6-10/h2-9H,18H2,1H3,(H,21,22). The van der Waals surface area contributed by atoms with Gasteiger partial charge >= 0.3 is 5.97 Å². The minimum absolute atomic E-state index is 0.364. The van der Waals surface area contributed by atoms with Gasteiger partial charge in [-0.2, -0.15) is 0 Å². The van der Waals surface area contributed by atoms with Gasteiger partial charge in [-0.15, -0.1) is 0 Å². The molecule has 0 spiro atoms. The Hall–Kier alpha value is -2.89. The second-order valence-electron chi connectivity index (χ2n) is 5.04. The van der Waals surface area contributed by atoms with E-state index in [1.54, 1.807) is 41.8 Å². The average Bonchev–Trinajstić information content (AvgIpc) is 2.88. The van der Waals surface area contributed by atoms with Crippen LogP contribution in [-0.4, -0.2) is 20.6 Å². The summed E-state index contributed by atoms with van der Waals surface area (Å²) in [6.45, 7) is 1.57. The maximum absolute atomic E-state index is 13.1. The second kappa shape index (κ2) is 5.14. The topological polar surface area (TPSA) is 81.1 Å². The fourth-order valence-corrected chi connectivity index (χ4v) is 2.44. The highest BCUT2D eigenvalue weighted by molar-refractivity contribution is 5.91. The van der Waals surface area contributed by atoms with Crippen LogP contribution in [0, 0.1) is 5.82 Å². The van der Waals surface area contributed by atoms with Crippen LogP contribution >= 0.6 is 0 Å². The van der Waals surface area contributed by atoms with Gasteiger partial charge in [0, 0.05) is 5.56 Å². The molecule has 3 aromatic rings. The van der Waals surface area contributed by atoms with Crippen LogP contribution in [0.2, 0.25) is 0 Å². The van der Waals surface area contributed by atoms with Crippen LogP contribution in [0.25, 0.3) is 22.4 Å². The minimum atomic E-state index is -0.981. The Balaban J connectivity index is 2.33. The van der Waals surface area contributed by atoms with E-state index in [9.17, 15) is 14.3 Å². The molecule has 0 amide bonds. The highest BCUT2D eigenvalue weighted by atomic mass is 19.1. The van der Waals surface area contributed by atoms with Gasteiger partial charge in [-0.05, 0) is 43.3 Å². The molecule has 3 N–H and O–H groups in total. The molecule has 0 aliphatic rings. The third-order valence-corrected chi connectivity index (χ3v) is 3.60. The van der Waals surface area contributed by atoms with Gasteiger partial charge in [0.2, 0.25) is 0 Å². The zero-order valence-electron chi connectivity index (χ0n) is 11.8. The van der Waals surface area contributed by atoms with E-state index in [1.165, 1.54) is 12.1 Å². The van der Waals surface area contributed by atoms with Crippen LogP contribution in [0.3, 0.4) is 0 Å². The first-order chi connectivity index (χ1) is 10.5. The number of halogens is 1. The van der Waals surface area contributed by atoms with Crippen molar-refractivity contribution in [2.75, 3.05) is 5.73 Å². The number of benzene rings is 2. The van der Waals surface area contributed by atoms with Crippen LogP contribution in [-0.2, 0) is 4.79 Å². The average molecular weight is 299 g/mol. The summed E-state index contributed by atoms with van der Waals surface area (Å²) in [4.78, 5) is 15.9. The summed E-state index contributed by atoms with van der Waals surface area (Å²) in [7, 11) is 0. The van der Waals surface area contributed by atoms with Gasteiger partial charge < -0.3 is 15.4 Å². The monoisotopic (exact) mass is 299 g/mol. The number of carboxylic acids is 1. The molecule has 3 rings (SSSR count). The molecule has 1 atom stereocenters. The van der Waals surface area contributed by atoms with Crippen LogP contribution in [0.5, 0.6) is 0 Å². The predicted octanol–water partition coefficient (Wildman–Crippen LogP) is 3.07. The second-order valence-corrected chi connectivity index (χ2v) is 5.04. The van der Waals surface area contributed by atoms with E-state index in [2.05, 4.69) is 4.98 Å². The summed E-state index contributed by atoms with van der Waals surface area (Å²) in [6, 6.07) is 10.2. The number of aromatic nitrogens is 2. The van der Waals surface area contributed by atoms with Crippen molar-refractivity contribution in [2.24, 2.45) is 0 Å². The summed E-state index contributed by atoms with van der Waals surface area (Å²) in [5.41, 5.74) is 8.20. The van der Waals surface area contributed by atoms with Crippen molar-refractivity contribution in [2.45, 2.75) is 13.0 Å². The third-order valence-electron chi connectivity index (χ3n) is 3.60. The van der Waals surface area contributed by atoms with Crippen LogP contribution in [0.4, 0.5) is 10.1 Å². The van der Waals surface area contributed by atoms with Crippen molar-refractivity contribution in [3.63, 3.8) is 0 Å². The van der Waals surface area contributed by atoms with Gasteiger partial charge in [-0.25, -0.2) is 14.2 Å². The van der Waals surface area contributed by atoms with Crippen LogP contribution < -0.4 is 5.73 Å². The largest absolute Gasteiger partial charge is 0.480 e. The first-order valence-electron chi connectivity index (χ1n) is 6.74. The summed E-state index contributed by atoms with van der Waals surface area (Å²) in [5.74, 6) is -0.898. The molecule has 5 nitrogen and oxygen atoms in total. The van der Waals surface area contributed by atoms with Crippen molar-refractivity contribution in [3.8, 4) is 11.4 Å². The lowest BCUT2D eigenvalue weighted by atomic mass is 10.2. The molecule has 0 radical (unpaired) electrons. The van der Waals surface area contributed by atoms with Gasteiger partial charge in [0.05, 0.1) is 11.2 Å². The van der Waals surface area contributed by atoms with E-state index in [1.807, 2.05) is 0 Å². The molecule has 22 heavy (non-hydrogen) atoms. The Morgan fingerprint density at radius 1 is 1.27 bits per heavy atom. The molecular weight excluding hydrogens is 285 g/mol. The molecule has 0 aliphatic heterocycles. The van der Waals surface area contributed by atoms with Gasteiger partial charge in [0.25, 0.3) is 0 Å². The number of nitrogens with two attached hydrogens (primary N) is 1. The molecule has 0 fully saturated rings. The number of carboxylic acid groups (broad SMARTS) is 1. The zero-order chi connectivity index (χ0) is 15.9. The summed E-state index contributed by atoms with van der Waals surface area (Å²) in [5, 5.41) is 9.36. The van der Waals surface area contributed by atoms with Crippen molar-refractivity contribution in [1.82, 2.24) is 9.55 Å². The Kier molecular flexibility index (Phi) is 3.29. The molecule has 1 aromatic heterocycles. The first kappa shape index (κ1) is 14.1. The quantitative estimate of drug-likeness (QED) is 0.728. The number of carbonyl (C=O) groups is 1. The van der Waals surface area contributed by atoms with Crippen molar-refractivity contribution in [3.05, 3.63) is 48.3 Å². The number of hydrogen-bond acceptors (Lipinski definition) is 3. The number of imidazole rings is 1. The number of nitrogen functional groups attached to an aromatic ring is 1. The predicted molar refractivity (Wildman–Crippen MR) is 81.9 cm³/mol. The number of fused-ring (bicyclic) bond motifs is 1. The van der Waals surface area contributed by atoms with E-state index in [-0.39, 0.29) is 5.82 Å². The molecule has 0 saturated heterocycles. The first-order valence-corrected chi connectivity index (χ1v) is 6.74. The fraction of sp³-hybridized carbons (Fsp3) is 0.125. The van der Waals surface area contributed by atoms with E-state index in [0.717, 1.165) is 0 Å². The van der Waals surface area contributed by atoms with Crippen LogP contribution in [0.15, 0.2) is 42.5 Å². The van der Waals surface area contributed by atoms with Gasteiger partial charge in [0.15, 0.2) is 0 Å². The molecule has 0 aliphatic carbocycles. The number of para-hydroxylation sites is 1.